The molecule has 3 aromatic carbocycles. The van der Waals surface area contributed by atoms with Crippen LogP contribution in [0.3, 0.4) is 0 Å². The number of para-hydroxylation sites is 5. The molecule has 0 N–H and O–H groups in total. The molecule has 6 heteroatoms. The van der Waals surface area contributed by atoms with E-state index in [4.69, 9.17) is 0 Å². The molecule has 0 radical (unpaired) electrons. The molecule has 3 heterocycles. The zero-order valence-corrected chi connectivity index (χ0v) is 22.2. The summed E-state index contributed by atoms with van der Waals surface area (Å²) in [5, 5.41) is 1.62. The van der Waals surface area contributed by atoms with Crippen molar-refractivity contribution in [2.75, 3.05) is 9.80 Å². The van der Waals surface area contributed by atoms with Crippen LogP contribution in [0.15, 0.2) is 108 Å². The molecule has 174 valence electrons. The van der Waals surface area contributed by atoms with Gasteiger partial charge in [-0.3, -0.25) is 0 Å². The van der Waals surface area contributed by atoms with Gasteiger partial charge in [0.05, 0.1) is 0 Å². The van der Waals surface area contributed by atoms with Gasteiger partial charge in [0, 0.05) is 0 Å². The summed E-state index contributed by atoms with van der Waals surface area (Å²) < 4.78 is 2.36. The summed E-state index contributed by atoms with van der Waals surface area (Å²) >= 11 is 0.656. The van der Waals surface area contributed by atoms with E-state index in [-0.39, 0.29) is 22.7 Å². The monoisotopic (exact) mass is 602 g/mol. The van der Waals surface area contributed by atoms with Gasteiger partial charge in [0.15, 0.2) is 0 Å². The number of ketones is 2. The molecule has 36 heavy (non-hydrogen) atoms. The minimum absolute atomic E-state index is 0.0195. The normalized spacial score (nSPS) is 21.2. The number of thioether (sulfide) groups is 1. The van der Waals surface area contributed by atoms with E-state index in [1.807, 2.05) is 23.6 Å². The van der Waals surface area contributed by atoms with Gasteiger partial charge in [-0.15, -0.1) is 0 Å². The fourth-order valence-corrected chi connectivity index (χ4v) is 9.02. The first kappa shape index (κ1) is 21.9. The van der Waals surface area contributed by atoms with Gasteiger partial charge in [-0.1, -0.05) is 0 Å². The second kappa shape index (κ2) is 8.67. The minimum atomic E-state index is -0.810. The number of carbonyl (C=O) groups excluding carboxylic acids is 2. The van der Waals surface area contributed by atoms with Crippen molar-refractivity contribution in [2.45, 2.75) is 5.25 Å². The van der Waals surface area contributed by atoms with Gasteiger partial charge >= 0.3 is 224 Å². The van der Waals surface area contributed by atoms with Crippen LogP contribution in [0.5, 0.6) is 0 Å². The zero-order chi connectivity index (χ0) is 24.2. The van der Waals surface area contributed by atoms with Crippen molar-refractivity contribution in [1.29, 1.82) is 0 Å². The summed E-state index contributed by atoms with van der Waals surface area (Å²) in [5.74, 6) is -0.331. The molecule has 1 saturated carbocycles. The molecule has 1 aromatic heterocycles. The molecule has 3 aliphatic rings. The van der Waals surface area contributed by atoms with Crippen LogP contribution in [0.2, 0.25) is 0 Å². The Hall–Kier alpha value is -3.30. The van der Waals surface area contributed by atoms with Crippen molar-refractivity contribution < 1.29 is 9.59 Å². The Kier molecular flexibility index (Phi) is 5.28. The zero-order valence-electron chi connectivity index (χ0n) is 19.1. The molecule has 0 saturated heterocycles. The number of hydrogen-bond acceptors (Lipinski definition) is 5. The summed E-state index contributed by atoms with van der Waals surface area (Å²) in [6.45, 7) is 0. The summed E-state index contributed by atoms with van der Waals surface area (Å²) in [6, 6.07) is 31.7. The van der Waals surface area contributed by atoms with Gasteiger partial charge in [0.2, 0.25) is 0 Å². The van der Waals surface area contributed by atoms with E-state index in [0.29, 0.717) is 5.57 Å². The van der Waals surface area contributed by atoms with E-state index in [2.05, 4.69) is 94.7 Å². The summed E-state index contributed by atoms with van der Waals surface area (Å²) in [5.41, 5.74) is 6.00. The molecule has 4 nitrogen and oxygen atoms in total. The Morgan fingerprint density at radius 3 is 1.94 bits per heavy atom. The van der Waals surface area contributed by atoms with Crippen LogP contribution in [0.4, 0.5) is 32.1 Å². The van der Waals surface area contributed by atoms with Crippen molar-refractivity contribution >= 4 is 82.0 Å². The number of allylic oxidation sites excluding steroid dienone is 2. The number of Topliss-reactive ketones (excluding diaryl/α,β-unsaturated/α-hetero) is 2. The predicted octanol–water partition coefficient (Wildman–Crippen LogP) is 6.78. The second-order valence-corrected chi connectivity index (χ2v) is 13.0. The summed E-state index contributed by atoms with van der Waals surface area (Å²) in [7, 11) is 0. The van der Waals surface area contributed by atoms with E-state index in [1.54, 1.807) is 0 Å². The third-order valence-corrected chi connectivity index (χ3v) is 10.8. The Bertz CT molecular complexity index is 1540. The van der Waals surface area contributed by atoms with E-state index in [1.165, 1.54) is 15.5 Å². The predicted molar refractivity (Wildman–Crippen MR) is 148 cm³/mol. The molecule has 0 spiro atoms. The molecular weight excluding hydrogens is 580 g/mol. The quantitative estimate of drug-likeness (QED) is 0.130. The fraction of sp³-hybridized carbons (Fsp3) is 0.0667. The van der Waals surface area contributed by atoms with Gasteiger partial charge in [-0.25, -0.2) is 0 Å². The third kappa shape index (κ3) is 3.37. The Morgan fingerprint density at radius 1 is 0.694 bits per heavy atom. The molecular formula is C30H20N2O2STe. The third-order valence-electron chi connectivity index (χ3n) is 6.79. The summed E-state index contributed by atoms with van der Waals surface area (Å²) in [6.07, 6.45) is 3.75. The molecule has 2 atom stereocenters. The average Bonchev–Trinajstić information content (AvgIpc) is 3.64. The van der Waals surface area contributed by atoms with Crippen molar-refractivity contribution in [3.8, 4) is 0 Å². The van der Waals surface area contributed by atoms with E-state index in [9.17, 15) is 9.59 Å². The molecule has 4 aromatic rings. The van der Waals surface area contributed by atoms with Gasteiger partial charge in [-0.2, -0.15) is 0 Å². The molecule has 0 amide bonds. The average molecular weight is 600 g/mol. The molecule has 0 bridgehead atoms. The first-order chi connectivity index (χ1) is 17.7. The van der Waals surface area contributed by atoms with Crippen molar-refractivity contribution in [3.05, 3.63) is 112 Å². The van der Waals surface area contributed by atoms with E-state index < -0.39 is 20.4 Å². The number of fused-ring (bicyclic) bond motifs is 3. The topological polar surface area (TPSA) is 40.6 Å². The SMILES string of the molecule is O=C1/C(=C\c2ccc(N3c4ccccc4N(c4ccccc4)c4ccccc43)[te]2)C(=O)C2SC=CC12. The number of rotatable bonds is 3. The molecule has 2 unspecified atom stereocenters. The van der Waals surface area contributed by atoms with Crippen LogP contribution in [-0.2, 0) is 9.59 Å². The molecule has 1 fully saturated rings. The second-order valence-electron chi connectivity index (χ2n) is 8.86. The van der Waals surface area contributed by atoms with Crippen molar-refractivity contribution in [3.63, 3.8) is 0 Å². The van der Waals surface area contributed by atoms with Gasteiger partial charge < -0.3 is 0 Å². The number of anilines is 6. The first-order valence-electron chi connectivity index (χ1n) is 11.8. The number of benzene rings is 3. The molecule has 1 aliphatic carbocycles. The van der Waals surface area contributed by atoms with Crippen LogP contribution in [0.1, 0.15) is 3.58 Å². The van der Waals surface area contributed by atoms with Gasteiger partial charge in [-0.05, 0) is 0 Å². The van der Waals surface area contributed by atoms with E-state index >= 15 is 0 Å². The molecule has 7 rings (SSSR count). The maximum atomic E-state index is 12.9. The van der Waals surface area contributed by atoms with Crippen molar-refractivity contribution in [2.24, 2.45) is 5.92 Å². The van der Waals surface area contributed by atoms with Gasteiger partial charge in [0.25, 0.3) is 0 Å². The van der Waals surface area contributed by atoms with E-state index in [0.717, 1.165) is 32.0 Å². The van der Waals surface area contributed by atoms with Crippen LogP contribution in [0, 0.1) is 5.92 Å². The summed E-state index contributed by atoms with van der Waals surface area (Å²) in [4.78, 5) is 30.4. The number of hydrogen-bond donors (Lipinski definition) is 0. The fourth-order valence-electron chi connectivity index (χ4n) is 5.17. The van der Waals surface area contributed by atoms with Crippen LogP contribution >= 0.6 is 11.8 Å². The van der Waals surface area contributed by atoms with Crippen LogP contribution in [-0.4, -0.2) is 37.2 Å². The molecule has 2 aliphatic heterocycles. The Labute approximate surface area is 223 Å². The first-order valence-corrected chi connectivity index (χ1v) is 15.0. The standard InChI is InChI=1S/C30H20N2O2STe/c33-28-21-16-17-35-30(21)29(34)22(28)18-20-14-15-27(36-20)32-25-12-6-4-10-23(25)31(19-8-2-1-3-9-19)24-11-5-7-13-26(24)32/h1-18,21,30H/b22-18+. The van der Waals surface area contributed by atoms with Gasteiger partial charge in [0.1, 0.15) is 0 Å². The Balaban J connectivity index is 1.33. The Morgan fingerprint density at radius 2 is 1.31 bits per heavy atom. The van der Waals surface area contributed by atoms with Crippen LogP contribution in [0.25, 0.3) is 6.08 Å². The number of nitrogens with zero attached hydrogens (tertiary/aromatic N) is 2. The number of carbonyl (C=O) groups is 2. The van der Waals surface area contributed by atoms with Crippen molar-refractivity contribution in [1.82, 2.24) is 0 Å². The van der Waals surface area contributed by atoms with Crippen LogP contribution < -0.4 is 9.80 Å². The maximum absolute atomic E-state index is 12.9.